The van der Waals surface area contributed by atoms with Crippen molar-refractivity contribution in [2.45, 2.75) is 200 Å². The molecular weight excluding hydrogens is 637 g/mol. The first kappa shape index (κ1) is 48.5. The molecule has 8 nitrogen and oxygen atoms in total. The highest BCUT2D eigenvalue weighted by Gasteiger charge is 2.20. The summed E-state index contributed by atoms with van der Waals surface area (Å²) in [6.45, 7) is 5.41. The predicted octanol–water partition coefficient (Wildman–Crippen LogP) is 11.1. The molecule has 0 amide bonds. The molecule has 2 atom stereocenters. The molecule has 0 radical (unpaired) electrons. The number of unbranched alkanes of at least 4 members (excludes halogenated alkanes) is 25. The topological polar surface area (TPSA) is 94.1 Å². The molecule has 0 aromatic rings. The van der Waals surface area contributed by atoms with Gasteiger partial charge in [0.2, 0.25) is 0 Å². The van der Waals surface area contributed by atoms with E-state index in [0.29, 0.717) is 24.1 Å². The number of carbonyl (C=O) groups excluding carboxylic acids is 1. The SMILES string of the molecule is CCCCCCCCCCCCCCCCCCCCCCOC[C@H](COP(=O)([O-])OCC[N+](C)(C)C)OC(=O)CCCCCCCCC. The van der Waals surface area contributed by atoms with Gasteiger partial charge in [0.05, 0.1) is 34.4 Å². The lowest BCUT2D eigenvalue weighted by Crippen LogP contribution is -2.37. The molecule has 49 heavy (non-hydrogen) atoms. The molecule has 0 aliphatic heterocycles. The van der Waals surface area contributed by atoms with E-state index < -0.39 is 13.9 Å². The van der Waals surface area contributed by atoms with Gasteiger partial charge in [-0.2, -0.15) is 0 Å². The lowest BCUT2D eigenvalue weighted by atomic mass is 10.0. The second kappa shape index (κ2) is 34.6. The largest absolute Gasteiger partial charge is 0.756 e. The van der Waals surface area contributed by atoms with Crippen molar-refractivity contribution >= 4 is 13.8 Å². The van der Waals surface area contributed by atoms with Gasteiger partial charge in [0, 0.05) is 13.0 Å². The number of nitrogens with zero attached hydrogens (tertiary/aromatic N) is 1. The van der Waals surface area contributed by atoms with Crippen LogP contribution in [0.3, 0.4) is 0 Å². The summed E-state index contributed by atoms with van der Waals surface area (Å²) in [4.78, 5) is 24.8. The fraction of sp³-hybridized carbons (Fsp3) is 0.975. The van der Waals surface area contributed by atoms with E-state index in [1.807, 2.05) is 21.1 Å². The van der Waals surface area contributed by atoms with Crippen LogP contribution in [-0.2, 0) is 27.9 Å². The number of ether oxygens (including phenoxy) is 2. The fourth-order valence-corrected chi connectivity index (χ4v) is 6.63. The molecule has 0 fully saturated rings. The Morgan fingerprint density at radius 2 is 0.939 bits per heavy atom. The van der Waals surface area contributed by atoms with E-state index in [0.717, 1.165) is 32.1 Å². The Morgan fingerprint density at radius 3 is 1.35 bits per heavy atom. The molecule has 1 unspecified atom stereocenters. The summed E-state index contributed by atoms with van der Waals surface area (Å²) >= 11 is 0. The summed E-state index contributed by atoms with van der Waals surface area (Å²) in [6.07, 6.45) is 34.2. The highest BCUT2D eigenvalue weighted by molar-refractivity contribution is 7.45. The third-order valence-electron chi connectivity index (χ3n) is 9.16. The summed E-state index contributed by atoms with van der Waals surface area (Å²) in [5.74, 6) is -0.337. The minimum atomic E-state index is -4.50. The van der Waals surface area contributed by atoms with E-state index in [-0.39, 0.29) is 25.8 Å². The van der Waals surface area contributed by atoms with Gasteiger partial charge in [-0.05, 0) is 12.8 Å². The van der Waals surface area contributed by atoms with Gasteiger partial charge < -0.3 is 27.9 Å². The van der Waals surface area contributed by atoms with Crippen molar-refractivity contribution in [3.8, 4) is 0 Å². The average molecular weight is 720 g/mol. The van der Waals surface area contributed by atoms with Crippen molar-refractivity contribution in [1.82, 2.24) is 0 Å². The molecule has 0 heterocycles. The summed E-state index contributed by atoms with van der Waals surface area (Å²) in [6, 6.07) is 0. The quantitative estimate of drug-likeness (QED) is 0.0270. The van der Waals surface area contributed by atoms with E-state index in [2.05, 4.69) is 13.8 Å². The Kier molecular flexibility index (Phi) is 34.2. The number of hydrogen-bond donors (Lipinski definition) is 0. The maximum Gasteiger partial charge on any atom is 0.306 e. The normalized spacial score (nSPS) is 13.8. The smallest absolute Gasteiger partial charge is 0.306 e. The Balaban J connectivity index is 4.03. The second-order valence-electron chi connectivity index (χ2n) is 15.4. The Morgan fingerprint density at radius 1 is 0.551 bits per heavy atom. The van der Waals surface area contributed by atoms with Crippen LogP contribution in [-0.4, -0.2) is 70.7 Å². The fourth-order valence-electron chi connectivity index (χ4n) is 5.90. The molecule has 0 bridgehead atoms. The minimum Gasteiger partial charge on any atom is -0.756 e. The first-order chi connectivity index (χ1) is 23.6. The standard InChI is InChI=1S/C40H82NO7P/c1-6-8-10-12-14-15-16-17-18-19-20-21-22-23-24-25-26-28-30-32-35-45-37-39(38-47-49(43,44)46-36-34-41(3,4)5)48-40(42)33-31-29-27-13-11-9-7-2/h39H,6-38H2,1-5H3/t39-/m1/s1. The maximum absolute atomic E-state index is 12.5. The first-order valence-corrected chi connectivity index (χ1v) is 22.2. The zero-order chi connectivity index (χ0) is 36.3. The van der Waals surface area contributed by atoms with Crippen molar-refractivity contribution in [2.75, 3.05) is 54.1 Å². The third kappa shape index (κ3) is 38.6. The number of rotatable bonds is 39. The van der Waals surface area contributed by atoms with Crippen molar-refractivity contribution < 1.29 is 37.3 Å². The van der Waals surface area contributed by atoms with E-state index >= 15 is 0 Å². The van der Waals surface area contributed by atoms with Crippen LogP contribution in [0.5, 0.6) is 0 Å². The molecule has 0 saturated carbocycles. The molecule has 294 valence electrons. The summed E-state index contributed by atoms with van der Waals surface area (Å²) in [5, 5.41) is 0. The number of hydrogen-bond acceptors (Lipinski definition) is 7. The van der Waals surface area contributed by atoms with E-state index in [9.17, 15) is 14.3 Å². The van der Waals surface area contributed by atoms with Gasteiger partial charge in [0.1, 0.15) is 19.3 Å². The van der Waals surface area contributed by atoms with Crippen molar-refractivity contribution in [1.29, 1.82) is 0 Å². The molecule has 0 rings (SSSR count). The second-order valence-corrected chi connectivity index (χ2v) is 16.8. The maximum atomic E-state index is 12.5. The van der Waals surface area contributed by atoms with Crippen LogP contribution in [0.15, 0.2) is 0 Å². The molecule has 9 heteroatoms. The third-order valence-corrected chi connectivity index (χ3v) is 10.1. The number of likely N-dealkylation sites (N-methyl/N-ethyl adjacent to an activating group) is 1. The Hall–Kier alpha value is -0.500. The predicted molar refractivity (Wildman–Crippen MR) is 204 cm³/mol. The van der Waals surface area contributed by atoms with Crippen LogP contribution in [0.1, 0.15) is 194 Å². The number of carbonyl (C=O) groups is 1. The van der Waals surface area contributed by atoms with Crippen molar-refractivity contribution in [3.63, 3.8) is 0 Å². The van der Waals surface area contributed by atoms with Gasteiger partial charge in [-0.25, -0.2) is 0 Å². The first-order valence-electron chi connectivity index (χ1n) is 20.8. The van der Waals surface area contributed by atoms with E-state index in [1.54, 1.807) is 0 Å². The van der Waals surface area contributed by atoms with Gasteiger partial charge in [0.25, 0.3) is 7.82 Å². The zero-order valence-electron chi connectivity index (χ0n) is 33.2. The van der Waals surface area contributed by atoms with Crippen LogP contribution in [0.4, 0.5) is 0 Å². The van der Waals surface area contributed by atoms with E-state index in [4.69, 9.17) is 18.5 Å². The van der Waals surface area contributed by atoms with Gasteiger partial charge in [-0.3, -0.25) is 9.36 Å². The van der Waals surface area contributed by atoms with Crippen molar-refractivity contribution in [2.24, 2.45) is 0 Å². The van der Waals surface area contributed by atoms with Gasteiger partial charge in [-0.1, -0.05) is 174 Å². The molecule has 0 aromatic heterocycles. The van der Waals surface area contributed by atoms with Crippen LogP contribution >= 0.6 is 7.82 Å². The monoisotopic (exact) mass is 720 g/mol. The number of esters is 1. The molecule has 0 aliphatic rings. The summed E-state index contributed by atoms with van der Waals surface area (Å²) in [5.41, 5.74) is 0. The minimum absolute atomic E-state index is 0.0307. The average Bonchev–Trinajstić information content (AvgIpc) is 3.04. The van der Waals surface area contributed by atoms with Crippen LogP contribution in [0.25, 0.3) is 0 Å². The lowest BCUT2D eigenvalue weighted by Gasteiger charge is -2.28. The molecule has 0 saturated heterocycles. The molecular formula is C40H82NO7P. The highest BCUT2D eigenvalue weighted by atomic mass is 31.2. The van der Waals surface area contributed by atoms with Gasteiger partial charge in [-0.15, -0.1) is 0 Å². The molecule has 0 N–H and O–H groups in total. The molecule has 0 spiro atoms. The highest BCUT2D eigenvalue weighted by Crippen LogP contribution is 2.38. The molecule has 0 aromatic carbocycles. The van der Waals surface area contributed by atoms with Gasteiger partial charge in [0.15, 0.2) is 0 Å². The van der Waals surface area contributed by atoms with Crippen LogP contribution in [0.2, 0.25) is 0 Å². The van der Waals surface area contributed by atoms with Crippen molar-refractivity contribution in [3.05, 3.63) is 0 Å². The lowest BCUT2D eigenvalue weighted by molar-refractivity contribution is -0.870. The molecule has 0 aliphatic carbocycles. The Labute approximate surface area is 304 Å². The summed E-state index contributed by atoms with van der Waals surface area (Å²) < 4.78 is 34.4. The van der Waals surface area contributed by atoms with E-state index in [1.165, 1.54) is 141 Å². The zero-order valence-corrected chi connectivity index (χ0v) is 34.1. The number of phosphoric ester groups is 1. The number of quaternary nitrogens is 1. The summed E-state index contributed by atoms with van der Waals surface area (Å²) in [7, 11) is 1.37. The van der Waals surface area contributed by atoms with Gasteiger partial charge >= 0.3 is 5.97 Å². The van der Waals surface area contributed by atoms with Crippen LogP contribution in [0, 0.1) is 0 Å². The van der Waals surface area contributed by atoms with Crippen LogP contribution < -0.4 is 4.89 Å². The number of phosphoric acid groups is 1. The Bertz CT molecular complexity index is 761.